The van der Waals surface area contributed by atoms with Gasteiger partial charge in [-0.05, 0) is 37.1 Å². The normalized spacial score (nSPS) is 11.9. The van der Waals surface area contributed by atoms with Gasteiger partial charge in [-0.15, -0.1) is 0 Å². The third-order valence-electron chi connectivity index (χ3n) is 2.66. The van der Waals surface area contributed by atoms with E-state index in [4.69, 9.17) is 5.11 Å². The Morgan fingerprint density at radius 1 is 1.39 bits per heavy atom. The zero-order chi connectivity index (χ0) is 13.7. The van der Waals surface area contributed by atoms with E-state index >= 15 is 0 Å². The summed E-state index contributed by atoms with van der Waals surface area (Å²) >= 11 is 0. The fourth-order valence-corrected chi connectivity index (χ4v) is 1.59. The second-order valence-electron chi connectivity index (χ2n) is 4.17. The van der Waals surface area contributed by atoms with Crippen LogP contribution in [0.25, 0.3) is 0 Å². The van der Waals surface area contributed by atoms with Gasteiger partial charge in [-0.1, -0.05) is 6.92 Å². The molecule has 1 aromatic carbocycles. The molecule has 1 atom stereocenters. The van der Waals surface area contributed by atoms with Gasteiger partial charge in [0.25, 0.3) is 5.91 Å². The van der Waals surface area contributed by atoms with Gasteiger partial charge < -0.3 is 10.4 Å². The molecule has 98 valence electrons. The van der Waals surface area contributed by atoms with Crippen molar-refractivity contribution in [3.63, 3.8) is 0 Å². The molecule has 5 heteroatoms. The highest BCUT2D eigenvalue weighted by Crippen LogP contribution is 2.09. The molecule has 2 N–H and O–H groups in total. The van der Waals surface area contributed by atoms with Crippen molar-refractivity contribution in [2.24, 2.45) is 5.92 Å². The molecule has 0 spiro atoms. The van der Waals surface area contributed by atoms with E-state index in [0.29, 0.717) is 12.0 Å². The SMILES string of the molecule is CCC(CNC(=O)c1cc(C)cc(F)c1)C(=O)O. The molecule has 0 saturated carbocycles. The number of aliphatic carboxylic acids is 1. The van der Waals surface area contributed by atoms with Gasteiger partial charge in [-0.3, -0.25) is 9.59 Å². The van der Waals surface area contributed by atoms with Crippen LogP contribution in [-0.2, 0) is 4.79 Å². The van der Waals surface area contributed by atoms with Crippen molar-refractivity contribution >= 4 is 11.9 Å². The number of hydrogen-bond acceptors (Lipinski definition) is 2. The average molecular weight is 253 g/mol. The molecule has 0 aliphatic rings. The fraction of sp³-hybridized carbons (Fsp3) is 0.385. The van der Waals surface area contributed by atoms with Gasteiger partial charge in [0.1, 0.15) is 5.82 Å². The summed E-state index contributed by atoms with van der Waals surface area (Å²) in [7, 11) is 0. The van der Waals surface area contributed by atoms with Gasteiger partial charge in [0.2, 0.25) is 0 Å². The van der Waals surface area contributed by atoms with Crippen molar-refractivity contribution in [1.82, 2.24) is 5.32 Å². The average Bonchev–Trinajstić information content (AvgIpc) is 2.27. The maximum atomic E-state index is 13.1. The molecule has 18 heavy (non-hydrogen) atoms. The predicted molar refractivity (Wildman–Crippen MR) is 64.9 cm³/mol. The van der Waals surface area contributed by atoms with Gasteiger partial charge in [0, 0.05) is 12.1 Å². The number of carboxylic acid groups (broad SMARTS) is 1. The van der Waals surface area contributed by atoms with Gasteiger partial charge in [0.05, 0.1) is 5.92 Å². The molecule has 1 unspecified atom stereocenters. The monoisotopic (exact) mass is 253 g/mol. The van der Waals surface area contributed by atoms with E-state index in [1.54, 1.807) is 19.9 Å². The quantitative estimate of drug-likeness (QED) is 0.843. The maximum Gasteiger partial charge on any atom is 0.308 e. The Hall–Kier alpha value is -1.91. The standard InChI is InChI=1S/C13H16FNO3/c1-3-9(13(17)18)7-15-12(16)10-4-8(2)5-11(14)6-10/h4-6,9H,3,7H2,1-2H3,(H,15,16)(H,17,18). The number of amides is 1. The number of benzene rings is 1. The van der Waals surface area contributed by atoms with Crippen molar-refractivity contribution < 1.29 is 19.1 Å². The number of rotatable bonds is 5. The lowest BCUT2D eigenvalue weighted by Crippen LogP contribution is -2.32. The summed E-state index contributed by atoms with van der Waals surface area (Å²) in [5, 5.41) is 11.3. The minimum atomic E-state index is -0.951. The lowest BCUT2D eigenvalue weighted by Gasteiger charge is -2.11. The highest BCUT2D eigenvalue weighted by Gasteiger charge is 2.16. The first-order chi connectivity index (χ1) is 8.43. The van der Waals surface area contributed by atoms with Gasteiger partial charge >= 0.3 is 5.97 Å². The highest BCUT2D eigenvalue weighted by molar-refractivity contribution is 5.94. The first-order valence-corrected chi connectivity index (χ1v) is 5.72. The summed E-state index contributed by atoms with van der Waals surface area (Å²) in [6, 6.07) is 4.01. The summed E-state index contributed by atoms with van der Waals surface area (Å²) in [5.74, 6) is -2.51. The molecule has 0 aliphatic carbocycles. The van der Waals surface area contributed by atoms with E-state index < -0.39 is 23.6 Å². The molecule has 0 fully saturated rings. The summed E-state index contributed by atoms with van der Waals surface area (Å²) < 4.78 is 13.1. The second-order valence-corrected chi connectivity index (χ2v) is 4.17. The number of carbonyl (C=O) groups excluding carboxylic acids is 1. The van der Waals surface area contributed by atoms with Crippen LogP contribution in [0, 0.1) is 18.7 Å². The van der Waals surface area contributed by atoms with Crippen molar-refractivity contribution in [2.45, 2.75) is 20.3 Å². The lowest BCUT2D eigenvalue weighted by atomic mass is 10.1. The molecular formula is C13H16FNO3. The number of nitrogens with one attached hydrogen (secondary N) is 1. The van der Waals surface area contributed by atoms with Gasteiger partial charge in [0.15, 0.2) is 0 Å². The first kappa shape index (κ1) is 14.2. The number of hydrogen-bond donors (Lipinski definition) is 2. The van der Waals surface area contributed by atoms with E-state index in [-0.39, 0.29) is 12.1 Å². The summed E-state index contributed by atoms with van der Waals surface area (Å²) in [6.45, 7) is 3.46. The van der Waals surface area contributed by atoms with Crippen molar-refractivity contribution in [2.75, 3.05) is 6.54 Å². The largest absolute Gasteiger partial charge is 0.481 e. The van der Waals surface area contributed by atoms with Crippen LogP contribution in [0.1, 0.15) is 29.3 Å². The molecule has 0 heterocycles. The molecule has 1 aromatic rings. The third-order valence-corrected chi connectivity index (χ3v) is 2.66. The van der Waals surface area contributed by atoms with Crippen molar-refractivity contribution in [3.8, 4) is 0 Å². The van der Waals surface area contributed by atoms with E-state index in [1.165, 1.54) is 6.07 Å². The second kappa shape index (κ2) is 6.14. The molecule has 0 radical (unpaired) electrons. The Bertz CT molecular complexity index is 439. The Kier molecular flexibility index (Phi) is 4.83. The summed E-state index contributed by atoms with van der Waals surface area (Å²) in [4.78, 5) is 22.5. The smallest absolute Gasteiger partial charge is 0.308 e. The molecule has 1 amide bonds. The van der Waals surface area contributed by atoms with Crippen LogP contribution in [0.3, 0.4) is 0 Å². The van der Waals surface area contributed by atoms with Crippen LogP contribution in [-0.4, -0.2) is 23.5 Å². The van der Waals surface area contributed by atoms with Crippen molar-refractivity contribution in [3.05, 3.63) is 35.1 Å². The molecular weight excluding hydrogens is 237 g/mol. The van der Waals surface area contributed by atoms with E-state index in [1.807, 2.05) is 0 Å². The van der Waals surface area contributed by atoms with Crippen LogP contribution < -0.4 is 5.32 Å². The Balaban J connectivity index is 2.68. The number of carbonyl (C=O) groups is 2. The summed E-state index contributed by atoms with van der Waals surface area (Å²) in [5.41, 5.74) is 0.846. The lowest BCUT2D eigenvalue weighted by molar-refractivity contribution is -0.141. The number of aryl methyl sites for hydroxylation is 1. The van der Waals surface area contributed by atoms with Crippen LogP contribution in [0.4, 0.5) is 4.39 Å². The summed E-state index contributed by atoms with van der Waals surface area (Å²) in [6.07, 6.45) is 0.428. The predicted octanol–water partition coefficient (Wildman–Crippen LogP) is 1.97. The fourth-order valence-electron chi connectivity index (χ4n) is 1.59. The van der Waals surface area contributed by atoms with Crippen LogP contribution in [0.5, 0.6) is 0 Å². The third kappa shape index (κ3) is 3.84. The van der Waals surface area contributed by atoms with Crippen LogP contribution in [0.15, 0.2) is 18.2 Å². The number of halogens is 1. The van der Waals surface area contributed by atoms with E-state index in [9.17, 15) is 14.0 Å². The van der Waals surface area contributed by atoms with Gasteiger partial charge in [-0.25, -0.2) is 4.39 Å². The Labute approximate surface area is 105 Å². The van der Waals surface area contributed by atoms with Gasteiger partial charge in [-0.2, -0.15) is 0 Å². The zero-order valence-corrected chi connectivity index (χ0v) is 10.4. The molecule has 0 bridgehead atoms. The van der Waals surface area contributed by atoms with E-state index in [0.717, 1.165) is 6.07 Å². The Morgan fingerprint density at radius 3 is 2.56 bits per heavy atom. The minimum Gasteiger partial charge on any atom is -0.481 e. The molecule has 1 rings (SSSR count). The van der Waals surface area contributed by atoms with Crippen LogP contribution >= 0.6 is 0 Å². The van der Waals surface area contributed by atoms with Crippen LogP contribution in [0.2, 0.25) is 0 Å². The highest BCUT2D eigenvalue weighted by atomic mass is 19.1. The first-order valence-electron chi connectivity index (χ1n) is 5.72. The molecule has 0 aliphatic heterocycles. The Morgan fingerprint density at radius 2 is 2.06 bits per heavy atom. The molecule has 0 saturated heterocycles. The maximum absolute atomic E-state index is 13.1. The molecule has 4 nitrogen and oxygen atoms in total. The van der Waals surface area contributed by atoms with E-state index in [2.05, 4.69) is 5.32 Å². The molecule has 0 aromatic heterocycles. The minimum absolute atomic E-state index is 0.0419. The topological polar surface area (TPSA) is 66.4 Å². The number of carboxylic acids is 1. The van der Waals surface area contributed by atoms with Crippen molar-refractivity contribution in [1.29, 1.82) is 0 Å². The zero-order valence-electron chi connectivity index (χ0n) is 10.4.